The lowest BCUT2D eigenvalue weighted by atomic mass is 10.1. The van der Waals surface area contributed by atoms with Crippen molar-refractivity contribution in [1.82, 2.24) is 10.0 Å². The Morgan fingerprint density at radius 2 is 1.89 bits per heavy atom. The first-order valence-corrected chi connectivity index (χ1v) is 8.43. The second-order valence-electron chi connectivity index (χ2n) is 4.97. The summed E-state index contributed by atoms with van der Waals surface area (Å²) in [5.74, 6) is 0. The fourth-order valence-corrected chi connectivity index (χ4v) is 3.39. The fourth-order valence-electron chi connectivity index (χ4n) is 2.43. The van der Waals surface area contributed by atoms with Gasteiger partial charge in [-0.3, -0.25) is 0 Å². The predicted molar refractivity (Wildman–Crippen MR) is 73.4 cm³/mol. The molecule has 0 aliphatic heterocycles. The van der Waals surface area contributed by atoms with Crippen LogP contribution in [0.15, 0.2) is 27.9 Å². The number of sulfonamides is 1. The molecule has 0 unspecified atom stereocenters. The molecule has 0 spiro atoms. The lowest BCUT2D eigenvalue weighted by molar-refractivity contribution is 0.440. The van der Waals surface area contributed by atoms with Crippen LogP contribution in [0.4, 0.5) is 0 Å². The Bertz CT molecular complexity index is 448. The van der Waals surface area contributed by atoms with Crippen LogP contribution in [0.5, 0.6) is 0 Å². The third-order valence-electron chi connectivity index (χ3n) is 3.47. The second-order valence-corrected chi connectivity index (χ2v) is 6.67. The Balaban J connectivity index is 1.69. The number of furan rings is 1. The van der Waals surface area contributed by atoms with Crippen molar-refractivity contribution in [3.8, 4) is 0 Å². The molecule has 5 nitrogen and oxygen atoms in total. The Morgan fingerprint density at radius 1 is 1.16 bits per heavy atom. The highest BCUT2D eigenvalue weighted by Gasteiger charge is 2.16. The molecule has 1 aliphatic rings. The first-order valence-electron chi connectivity index (χ1n) is 6.95. The minimum Gasteiger partial charge on any atom is -0.452 e. The molecule has 0 radical (unpaired) electrons. The van der Waals surface area contributed by atoms with Gasteiger partial charge in [-0.05, 0) is 25.0 Å². The van der Waals surface area contributed by atoms with Gasteiger partial charge < -0.3 is 9.73 Å². The van der Waals surface area contributed by atoms with Crippen molar-refractivity contribution in [1.29, 1.82) is 0 Å². The topological polar surface area (TPSA) is 71.3 Å². The van der Waals surface area contributed by atoms with Crippen molar-refractivity contribution in [3.63, 3.8) is 0 Å². The Kier molecular flexibility index (Phi) is 5.42. The largest absolute Gasteiger partial charge is 0.452 e. The maximum Gasteiger partial charge on any atom is 0.273 e. The molecule has 1 aromatic rings. The Hall–Kier alpha value is -0.850. The van der Waals surface area contributed by atoms with Gasteiger partial charge in [0.2, 0.25) is 5.09 Å². The minimum atomic E-state index is -3.48. The molecule has 19 heavy (non-hydrogen) atoms. The maximum atomic E-state index is 11.8. The summed E-state index contributed by atoms with van der Waals surface area (Å²) in [6.45, 7) is 1.05. The first-order chi connectivity index (χ1) is 9.18. The van der Waals surface area contributed by atoms with E-state index in [1.165, 1.54) is 50.9 Å². The van der Waals surface area contributed by atoms with Crippen LogP contribution in [0.3, 0.4) is 0 Å². The normalized spacial score (nSPS) is 18.3. The second kappa shape index (κ2) is 7.07. The lowest BCUT2D eigenvalue weighted by Crippen LogP contribution is -2.36. The monoisotopic (exact) mass is 286 g/mol. The van der Waals surface area contributed by atoms with Gasteiger partial charge in [0, 0.05) is 19.1 Å². The highest BCUT2D eigenvalue weighted by atomic mass is 32.2. The van der Waals surface area contributed by atoms with Gasteiger partial charge in [-0.15, -0.1) is 0 Å². The number of nitrogens with one attached hydrogen (secondary N) is 2. The van der Waals surface area contributed by atoms with Crippen LogP contribution in [0.25, 0.3) is 0 Å². The molecule has 0 saturated heterocycles. The van der Waals surface area contributed by atoms with Gasteiger partial charge in [-0.2, -0.15) is 0 Å². The molecule has 0 bridgehead atoms. The summed E-state index contributed by atoms with van der Waals surface area (Å²) in [7, 11) is -3.48. The van der Waals surface area contributed by atoms with E-state index in [1.54, 1.807) is 6.07 Å². The highest BCUT2D eigenvalue weighted by molar-refractivity contribution is 7.89. The smallest absolute Gasteiger partial charge is 0.273 e. The van der Waals surface area contributed by atoms with Gasteiger partial charge >= 0.3 is 0 Å². The van der Waals surface area contributed by atoms with E-state index in [0.717, 1.165) is 0 Å². The van der Waals surface area contributed by atoms with Gasteiger partial charge in [-0.25, -0.2) is 13.1 Å². The summed E-state index contributed by atoms with van der Waals surface area (Å²) in [4.78, 5) is 0. The van der Waals surface area contributed by atoms with Crippen molar-refractivity contribution >= 4 is 10.0 Å². The minimum absolute atomic E-state index is 0.0260. The molecule has 0 atom stereocenters. The van der Waals surface area contributed by atoms with Crippen molar-refractivity contribution in [2.45, 2.75) is 49.7 Å². The Labute approximate surface area is 114 Å². The summed E-state index contributed by atoms with van der Waals surface area (Å²) in [5, 5.41) is 3.40. The molecule has 0 amide bonds. The zero-order valence-corrected chi connectivity index (χ0v) is 11.9. The molecule has 1 aromatic heterocycles. The van der Waals surface area contributed by atoms with Crippen molar-refractivity contribution in [3.05, 3.63) is 18.4 Å². The van der Waals surface area contributed by atoms with Crippen molar-refractivity contribution in [2.24, 2.45) is 0 Å². The quantitative estimate of drug-likeness (QED) is 0.618. The van der Waals surface area contributed by atoms with Gasteiger partial charge in [0.05, 0.1) is 6.26 Å². The van der Waals surface area contributed by atoms with Gasteiger partial charge in [0.15, 0.2) is 0 Å². The van der Waals surface area contributed by atoms with Crippen LogP contribution >= 0.6 is 0 Å². The van der Waals surface area contributed by atoms with Crippen LogP contribution in [-0.2, 0) is 10.0 Å². The summed E-state index contributed by atoms with van der Waals surface area (Å²) in [6.07, 6.45) is 8.95. The van der Waals surface area contributed by atoms with E-state index < -0.39 is 10.0 Å². The van der Waals surface area contributed by atoms with E-state index >= 15 is 0 Å². The van der Waals surface area contributed by atoms with Crippen molar-refractivity contribution in [2.75, 3.05) is 13.1 Å². The molecule has 1 saturated carbocycles. The van der Waals surface area contributed by atoms with Crippen LogP contribution in [0.1, 0.15) is 38.5 Å². The third-order valence-corrected chi connectivity index (χ3v) is 4.81. The SMILES string of the molecule is O=S(=O)(NCCNC1CCCCCC1)c1ccco1. The van der Waals surface area contributed by atoms with E-state index in [-0.39, 0.29) is 5.09 Å². The average Bonchev–Trinajstić information content (AvgIpc) is 2.81. The standard InChI is InChI=1S/C13H22N2O3S/c16-19(17,13-8-5-11-18-13)15-10-9-14-12-6-3-1-2-4-7-12/h5,8,11-12,14-15H,1-4,6-7,9-10H2. The molecule has 108 valence electrons. The number of hydrogen-bond donors (Lipinski definition) is 2. The van der Waals surface area contributed by atoms with Gasteiger partial charge in [0.25, 0.3) is 10.0 Å². The number of rotatable bonds is 6. The fraction of sp³-hybridized carbons (Fsp3) is 0.692. The first kappa shape index (κ1) is 14.6. The molecule has 2 N–H and O–H groups in total. The molecule has 1 heterocycles. The van der Waals surface area contributed by atoms with Gasteiger partial charge in [-0.1, -0.05) is 25.7 Å². The van der Waals surface area contributed by atoms with E-state index in [4.69, 9.17) is 4.42 Å². The molecular weight excluding hydrogens is 264 g/mol. The van der Waals surface area contributed by atoms with E-state index in [0.29, 0.717) is 19.1 Å². The highest BCUT2D eigenvalue weighted by Crippen LogP contribution is 2.16. The lowest BCUT2D eigenvalue weighted by Gasteiger charge is -2.16. The summed E-state index contributed by atoms with van der Waals surface area (Å²) in [6, 6.07) is 3.55. The maximum absolute atomic E-state index is 11.8. The summed E-state index contributed by atoms with van der Waals surface area (Å²) >= 11 is 0. The van der Waals surface area contributed by atoms with Crippen LogP contribution < -0.4 is 10.0 Å². The summed E-state index contributed by atoms with van der Waals surface area (Å²) < 4.78 is 31.0. The van der Waals surface area contributed by atoms with E-state index in [2.05, 4.69) is 10.0 Å². The molecule has 1 fully saturated rings. The molecular formula is C13H22N2O3S. The molecule has 1 aliphatic carbocycles. The van der Waals surface area contributed by atoms with E-state index in [1.807, 2.05) is 0 Å². The number of hydrogen-bond acceptors (Lipinski definition) is 4. The van der Waals surface area contributed by atoms with Crippen LogP contribution in [0, 0.1) is 0 Å². The molecule has 6 heteroatoms. The van der Waals surface area contributed by atoms with E-state index in [9.17, 15) is 8.42 Å². The van der Waals surface area contributed by atoms with Crippen molar-refractivity contribution < 1.29 is 12.8 Å². The summed E-state index contributed by atoms with van der Waals surface area (Å²) in [5.41, 5.74) is 0. The van der Waals surface area contributed by atoms with Gasteiger partial charge in [0.1, 0.15) is 0 Å². The average molecular weight is 286 g/mol. The third kappa shape index (κ3) is 4.63. The zero-order valence-electron chi connectivity index (χ0n) is 11.1. The van der Waals surface area contributed by atoms with Crippen LogP contribution in [-0.4, -0.2) is 27.5 Å². The molecule has 2 rings (SSSR count). The Morgan fingerprint density at radius 3 is 2.53 bits per heavy atom. The van der Waals surface area contributed by atoms with Crippen LogP contribution in [0.2, 0.25) is 0 Å². The zero-order chi connectivity index (χ0) is 13.6. The predicted octanol–water partition coefficient (Wildman–Crippen LogP) is 1.87. The molecule has 0 aromatic carbocycles.